The Balaban J connectivity index is 1.60. The van der Waals surface area contributed by atoms with Gasteiger partial charge in [0.1, 0.15) is 0 Å². The fourth-order valence-corrected chi connectivity index (χ4v) is 3.79. The summed E-state index contributed by atoms with van der Waals surface area (Å²) in [5.41, 5.74) is 2.70. The molecule has 0 saturated heterocycles. The molecule has 1 saturated carbocycles. The van der Waals surface area contributed by atoms with E-state index in [9.17, 15) is 10.1 Å². The minimum absolute atomic E-state index is 0.151. The Morgan fingerprint density at radius 3 is 2.43 bits per heavy atom. The number of benzene rings is 2. The maximum absolute atomic E-state index is 10.6. The van der Waals surface area contributed by atoms with Crippen molar-refractivity contribution in [1.82, 2.24) is 0 Å². The van der Waals surface area contributed by atoms with Gasteiger partial charge < -0.3 is 0 Å². The second-order valence-electron chi connectivity index (χ2n) is 5.56. The molecule has 108 valence electrons. The van der Waals surface area contributed by atoms with Gasteiger partial charge in [-0.1, -0.05) is 58.4 Å². The van der Waals surface area contributed by atoms with E-state index in [4.69, 9.17) is 0 Å². The van der Waals surface area contributed by atoms with Crippen molar-refractivity contribution in [3.05, 3.63) is 75.8 Å². The van der Waals surface area contributed by atoms with Gasteiger partial charge in [-0.2, -0.15) is 0 Å². The molecule has 2 aromatic rings. The van der Waals surface area contributed by atoms with Crippen molar-refractivity contribution >= 4 is 21.6 Å². The van der Waals surface area contributed by atoms with E-state index in [1.807, 2.05) is 18.2 Å². The number of nitrogens with zero attached hydrogens (tertiary/aromatic N) is 1. The topological polar surface area (TPSA) is 43.1 Å². The first-order valence-electron chi connectivity index (χ1n) is 7.07. The minimum Gasteiger partial charge on any atom is -0.258 e. The summed E-state index contributed by atoms with van der Waals surface area (Å²) in [6.07, 6.45) is 2.12. The van der Waals surface area contributed by atoms with Gasteiger partial charge in [-0.05, 0) is 35.8 Å². The second kappa shape index (κ2) is 5.98. The zero-order valence-corrected chi connectivity index (χ0v) is 13.1. The third-order valence-corrected chi connectivity index (χ3v) is 5.11. The first kappa shape index (κ1) is 14.3. The van der Waals surface area contributed by atoms with Crippen LogP contribution in [0.3, 0.4) is 0 Å². The summed E-state index contributed by atoms with van der Waals surface area (Å²) in [6.45, 7) is 0. The largest absolute Gasteiger partial charge is 0.269 e. The molecule has 0 aromatic heterocycles. The van der Waals surface area contributed by atoms with Crippen LogP contribution >= 0.6 is 15.9 Å². The molecule has 4 heteroatoms. The molecular weight excluding hydrogens is 330 g/mol. The van der Waals surface area contributed by atoms with Gasteiger partial charge in [0.25, 0.3) is 5.69 Å². The average molecular weight is 346 g/mol. The molecule has 0 radical (unpaired) electrons. The van der Waals surface area contributed by atoms with Crippen molar-refractivity contribution in [3.8, 4) is 0 Å². The number of non-ortho nitro benzene ring substituents is 1. The number of rotatable bonds is 5. The predicted octanol–water partition coefficient (Wildman–Crippen LogP) is 4.70. The Kier molecular flexibility index (Phi) is 4.06. The van der Waals surface area contributed by atoms with Gasteiger partial charge >= 0.3 is 0 Å². The summed E-state index contributed by atoms with van der Waals surface area (Å²) >= 11 is 3.79. The van der Waals surface area contributed by atoms with E-state index in [1.54, 1.807) is 12.1 Å². The smallest absolute Gasteiger partial charge is 0.258 e. The molecule has 21 heavy (non-hydrogen) atoms. The van der Waals surface area contributed by atoms with Crippen LogP contribution in [-0.2, 0) is 6.42 Å². The number of nitro benzene ring substituents is 1. The van der Waals surface area contributed by atoms with E-state index in [1.165, 1.54) is 12.0 Å². The maximum atomic E-state index is 10.6. The third kappa shape index (κ3) is 3.32. The number of nitro groups is 1. The van der Waals surface area contributed by atoms with E-state index in [2.05, 4.69) is 40.2 Å². The lowest BCUT2D eigenvalue weighted by Gasteiger charge is -2.09. The van der Waals surface area contributed by atoms with Crippen molar-refractivity contribution in [2.45, 2.75) is 23.6 Å². The van der Waals surface area contributed by atoms with Gasteiger partial charge in [-0.25, -0.2) is 0 Å². The van der Waals surface area contributed by atoms with Crippen LogP contribution in [-0.4, -0.2) is 9.75 Å². The monoisotopic (exact) mass is 345 g/mol. The molecule has 0 heterocycles. The molecule has 0 bridgehead atoms. The Bertz CT molecular complexity index is 627. The Morgan fingerprint density at radius 1 is 1.14 bits per heavy atom. The summed E-state index contributed by atoms with van der Waals surface area (Å²) in [7, 11) is 0. The van der Waals surface area contributed by atoms with Crippen LogP contribution in [0.4, 0.5) is 5.69 Å². The second-order valence-corrected chi connectivity index (χ2v) is 6.74. The molecular formula is C17H16BrNO2. The van der Waals surface area contributed by atoms with Crippen molar-refractivity contribution in [1.29, 1.82) is 0 Å². The molecule has 2 aromatic carbocycles. The van der Waals surface area contributed by atoms with Crippen LogP contribution in [0.2, 0.25) is 0 Å². The molecule has 0 amide bonds. The molecule has 0 aliphatic heterocycles. The van der Waals surface area contributed by atoms with Crippen molar-refractivity contribution in [2.75, 3.05) is 0 Å². The van der Waals surface area contributed by atoms with Crippen molar-refractivity contribution in [2.24, 2.45) is 5.92 Å². The lowest BCUT2D eigenvalue weighted by atomic mass is 10.0. The third-order valence-electron chi connectivity index (χ3n) is 4.11. The summed E-state index contributed by atoms with van der Waals surface area (Å²) < 4.78 is 0. The zero-order valence-electron chi connectivity index (χ0n) is 11.5. The van der Waals surface area contributed by atoms with Crippen LogP contribution < -0.4 is 0 Å². The summed E-state index contributed by atoms with van der Waals surface area (Å²) in [4.78, 5) is 10.7. The normalized spacial score (nSPS) is 21.8. The lowest BCUT2D eigenvalue weighted by Crippen LogP contribution is -2.06. The fourth-order valence-electron chi connectivity index (χ4n) is 2.83. The van der Waals surface area contributed by atoms with Crippen LogP contribution in [0.1, 0.15) is 23.5 Å². The number of alkyl halides is 1. The number of hydrogen-bond donors (Lipinski definition) is 0. The highest BCUT2D eigenvalue weighted by Gasteiger charge is 2.42. The van der Waals surface area contributed by atoms with Gasteiger partial charge in [0.05, 0.1) is 4.92 Å². The molecule has 1 fully saturated rings. The molecule has 0 N–H and O–H groups in total. The fraction of sp³-hybridized carbons (Fsp3) is 0.294. The molecule has 3 rings (SSSR count). The highest BCUT2D eigenvalue weighted by Crippen LogP contribution is 2.52. The standard InChI is InChI=1S/C17H16BrNO2/c18-17(10-12-6-8-14(9-7-12)19(20)21)16-11-15(16)13-4-2-1-3-5-13/h1-9,15-17H,10-11H2. The van der Waals surface area contributed by atoms with Gasteiger partial charge in [-0.15, -0.1) is 0 Å². The van der Waals surface area contributed by atoms with Crippen molar-refractivity contribution < 1.29 is 4.92 Å². The van der Waals surface area contributed by atoms with Crippen LogP contribution in [0.15, 0.2) is 54.6 Å². The van der Waals surface area contributed by atoms with E-state index in [-0.39, 0.29) is 10.6 Å². The molecule has 0 spiro atoms. The van der Waals surface area contributed by atoms with Crippen LogP contribution in [0.25, 0.3) is 0 Å². The van der Waals surface area contributed by atoms with E-state index < -0.39 is 0 Å². The average Bonchev–Trinajstić information content (AvgIpc) is 3.29. The lowest BCUT2D eigenvalue weighted by molar-refractivity contribution is -0.384. The summed E-state index contributed by atoms with van der Waals surface area (Å²) in [6, 6.07) is 17.5. The van der Waals surface area contributed by atoms with Crippen LogP contribution in [0.5, 0.6) is 0 Å². The first-order valence-corrected chi connectivity index (χ1v) is 7.99. The minimum atomic E-state index is -0.359. The highest BCUT2D eigenvalue weighted by atomic mass is 79.9. The number of hydrogen-bond acceptors (Lipinski definition) is 2. The van der Waals surface area contributed by atoms with Crippen molar-refractivity contribution in [3.63, 3.8) is 0 Å². The Labute approximate surface area is 132 Å². The van der Waals surface area contributed by atoms with E-state index in [0.29, 0.717) is 16.7 Å². The Morgan fingerprint density at radius 2 is 1.81 bits per heavy atom. The SMILES string of the molecule is O=[N+]([O-])c1ccc(CC(Br)C2CC2c2ccccc2)cc1. The summed E-state index contributed by atoms with van der Waals surface area (Å²) in [5, 5.41) is 10.6. The maximum Gasteiger partial charge on any atom is 0.269 e. The van der Waals surface area contributed by atoms with Crippen LogP contribution in [0, 0.1) is 16.0 Å². The molecule has 3 atom stereocenters. The molecule has 1 aliphatic carbocycles. The van der Waals surface area contributed by atoms with Gasteiger partial charge in [0.2, 0.25) is 0 Å². The van der Waals surface area contributed by atoms with Gasteiger partial charge in [0, 0.05) is 17.0 Å². The Hall–Kier alpha value is -1.68. The van der Waals surface area contributed by atoms with Gasteiger partial charge in [0.15, 0.2) is 0 Å². The predicted molar refractivity (Wildman–Crippen MR) is 86.8 cm³/mol. The zero-order chi connectivity index (χ0) is 14.8. The molecule has 3 unspecified atom stereocenters. The van der Waals surface area contributed by atoms with Gasteiger partial charge in [-0.3, -0.25) is 10.1 Å². The van der Waals surface area contributed by atoms with E-state index >= 15 is 0 Å². The molecule has 3 nitrogen and oxygen atoms in total. The molecule has 1 aliphatic rings. The van der Waals surface area contributed by atoms with E-state index in [0.717, 1.165) is 12.0 Å². The quantitative estimate of drug-likeness (QED) is 0.447. The first-order chi connectivity index (χ1) is 10.1. The summed E-state index contributed by atoms with van der Waals surface area (Å²) in [5.74, 6) is 1.30. The number of halogens is 1. The highest BCUT2D eigenvalue weighted by molar-refractivity contribution is 9.09.